The molecule has 0 fully saturated rings. The minimum atomic E-state index is -1.63. The lowest BCUT2D eigenvalue weighted by molar-refractivity contribution is -0.114. The van der Waals surface area contributed by atoms with E-state index in [1.165, 1.54) is 0 Å². The van der Waals surface area contributed by atoms with Gasteiger partial charge in [-0.25, -0.2) is 0 Å². The molecule has 0 saturated carbocycles. The van der Waals surface area contributed by atoms with Gasteiger partial charge in [-0.2, -0.15) is 0 Å². The Morgan fingerprint density at radius 2 is 1.38 bits per heavy atom. The van der Waals surface area contributed by atoms with Crippen LogP contribution in [-0.2, 0) is 14.2 Å². The largest absolute Gasteiger partial charge is 0.394 e. The first kappa shape index (κ1) is 24.9. The molecule has 12 nitrogen and oxygen atoms in total. The zero-order valence-corrected chi connectivity index (χ0v) is 14.7. The predicted molar refractivity (Wildman–Crippen MR) is 90.5 cm³/mol. The molecule has 0 radical (unpaired) electrons. The molecule has 26 heavy (non-hydrogen) atoms. The maximum Gasteiger partial charge on any atom is 0.111 e. The summed E-state index contributed by atoms with van der Waals surface area (Å²) in [6.45, 7) is 2.27. The molecule has 12 heteroatoms. The zero-order valence-electron chi connectivity index (χ0n) is 14.7. The monoisotopic (exact) mass is 382 g/mol. The van der Waals surface area contributed by atoms with E-state index in [0.717, 1.165) is 0 Å². The van der Waals surface area contributed by atoms with Gasteiger partial charge >= 0.3 is 0 Å². The van der Waals surface area contributed by atoms with Gasteiger partial charge in [-0.1, -0.05) is 5.11 Å². The van der Waals surface area contributed by atoms with Gasteiger partial charge in [0.2, 0.25) is 0 Å². The van der Waals surface area contributed by atoms with Crippen molar-refractivity contribution in [2.24, 2.45) is 5.11 Å². The Morgan fingerprint density at radius 1 is 0.846 bits per heavy atom. The molecule has 0 spiro atoms. The van der Waals surface area contributed by atoms with Crippen molar-refractivity contribution in [1.82, 2.24) is 5.32 Å². The number of ether oxygens (including phenoxy) is 3. The van der Waals surface area contributed by atoms with Crippen LogP contribution < -0.4 is 5.32 Å². The molecule has 0 rings (SSSR count). The molecule has 0 aromatic carbocycles. The number of rotatable bonds is 18. The molecule has 0 aliphatic heterocycles. The minimum absolute atomic E-state index is 0.0105. The fourth-order valence-corrected chi connectivity index (χ4v) is 1.77. The second-order valence-corrected chi connectivity index (χ2v) is 5.29. The van der Waals surface area contributed by atoms with Crippen molar-refractivity contribution >= 4 is 0 Å². The van der Waals surface area contributed by atoms with Gasteiger partial charge in [-0.3, -0.25) is 0 Å². The van der Waals surface area contributed by atoms with Gasteiger partial charge < -0.3 is 45.1 Å². The molecular weight excluding hydrogens is 352 g/mol. The van der Waals surface area contributed by atoms with Gasteiger partial charge in [0, 0.05) is 24.5 Å². The molecule has 0 aliphatic carbocycles. The van der Waals surface area contributed by atoms with Crippen LogP contribution in [0.4, 0.5) is 0 Å². The maximum atomic E-state index is 9.66. The molecule has 4 atom stereocenters. The van der Waals surface area contributed by atoms with E-state index in [9.17, 15) is 20.4 Å². The lowest BCUT2D eigenvalue weighted by Gasteiger charge is -2.25. The summed E-state index contributed by atoms with van der Waals surface area (Å²) in [5.74, 6) is 0. The maximum absolute atomic E-state index is 9.66. The quantitative estimate of drug-likeness (QED) is 0.0637. The summed E-state index contributed by atoms with van der Waals surface area (Å²) in [6, 6.07) is 0. The number of aliphatic hydroxyl groups excluding tert-OH is 5. The van der Waals surface area contributed by atoms with Gasteiger partial charge in [-0.15, -0.1) is 0 Å². The minimum Gasteiger partial charge on any atom is -0.394 e. The van der Waals surface area contributed by atoms with Crippen molar-refractivity contribution in [1.29, 1.82) is 0 Å². The van der Waals surface area contributed by atoms with Crippen molar-refractivity contribution in [3.8, 4) is 0 Å². The lowest BCUT2D eigenvalue weighted by atomic mass is 10.0. The first-order valence-corrected chi connectivity index (χ1v) is 8.32. The first-order chi connectivity index (χ1) is 12.5. The molecular formula is C14H30N4O8. The highest BCUT2D eigenvalue weighted by Crippen LogP contribution is 2.04. The molecule has 0 bridgehead atoms. The Balaban J connectivity index is 3.41. The molecule has 0 aliphatic rings. The van der Waals surface area contributed by atoms with Crippen molar-refractivity contribution in [2.45, 2.75) is 24.4 Å². The molecule has 0 aromatic heterocycles. The molecule has 6 N–H and O–H groups in total. The SMILES string of the molecule is [N-]=[N+]=NCCOCCOCCOCCNCC(O)C(O)C(O)C(O)CO. The van der Waals surface area contributed by atoms with E-state index in [1.807, 2.05) is 0 Å². The van der Waals surface area contributed by atoms with Gasteiger partial charge in [0.05, 0.1) is 52.4 Å². The van der Waals surface area contributed by atoms with Gasteiger partial charge in [0.25, 0.3) is 0 Å². The van der Waals surface area contributed by atoms with Crippen molar-refractivity contribution < 1.29 is 39.7 Å². The third-order valence-electron chi connectivity index (χ3n) is 3.24. The lowest BCUT2D eigenvalue weighted by Crippen LogP contribution is -2.49. The number of hydrogen-bond donors (Lipinski definition) is 6. The molecule has 4 unspecified atom stereocenters. The smallest absolute Gasteiger partial charge is 0.111 e. The van der Waals surface area contributed by atoms with E-state index in [1.54, 1.807) is 0 Å². The van der Waals surface area contributed by atoms with E-state index in [-0.39, 0.29) is 6.54 Å². The highest BCUT2D eigenvalue weighted by molar-refractivity contribution is 4.81. The van der Waals surface area contributed by atoms with Crippen LogP contribution in [0.25, 0.3) is 10.4 Å². The summed E-state index contributed by atoms with van der Waals surface area (Å²) < 4.78 is 15.7. The molecule has 0 heterocycles. The van der Waals surface area contributed by atoms with Gasteiger partial charge in [-0.05, 0) is 5.53 Å². The van der Waals surface area contributed by atoms with E-state index in [2.05, 4.69) is 15.3 Å². The number of nitrogens with one attached hydrogen (secondary N) is 1. The van der Waals surface area contributed by atoms with Crippen LogP contribution in [0.3, 0.4) is 0 Å². The van der Waals surface area contributed by atoms with Crippen molar-refractivity contribution in [2.75, 3.05) is 65.9 Å². The van der Waals surface area contributed by atoms with Crippen LogP contribution in [0.5, 0.6) is 0 Å². The summed E-state index contributed by atoms with van der Waals surface area (Å²) in [4.78, 5) is 2.60. The Morgan fingerprint density at radius 3 is 1.96 bits per heavy atom. The van der Waals surface area contributed by atoms with Crippen molar-refractivity contribution in [3.05, 3.63) is 10.4 Å². The molecule has 0 saturated heterocycles. The summed E-state index contributed by atoms with van der Waals surface area (Å²) >= 11 is 0. The Bertz CT molecular complexity index is 373. The van der Waals surface area contributed by atoms with Crippen molar-refractivity contribution in [3.63, 3.8) is 0 Å². The third kappa shape index (κ3) is 13.2. The Hall–Kier alpha value is -1.05. The fourth-order valence-electron chi connectivity index (χ4n) is 1.77. The topological polar surface area (TPSA) is 190 Å². The normalized spacial score (nSPS) is 15.9. The predicted octanol–water partition coefficient (Wildman–Crippen LogP) is -2.63. The van der Waals surface area contributed by atoms with Crippen LogP contribution in [0.15, 0.2) is 5.11 Å². The van der Waals surface area contributed by atoms with Crippen LogP contribution in [0.2, 0.25) is 0 Å². The van der Waals surface area contributed by atoms with Crippen LogP contribution >= 0.6 is 0 Å². The average molecular weight is 382 g/mol. The Labute approximate surface area is 151 Å². The number of aliphatic hydroxyl groups is 5. The molecule has 0 aromatic rings. The number of hydrogen-bond acceptors (Lipinski definition) is 10. The van der Waals surface area contributed by atoms with Crippen LogP contribution in [0, 0.1) is 0 Å². The number of azide groups is 1. The summed E-state index contributed by atoms with van der Waals surface area (Å²) in [6.07, 6.45) is -6.02. The Kier molecular flexibility index (Phi) is 16.7. The number of nitrogens with zero attached hydrogens (tertiary/aromatic N) is 3. The van der Waals surface area contributed by atoms with Gasteiger partial charge in [0.1, 0.15) is 18.3 Å². The highest BCUT2D eigenvalue weighted by Gasteiger charge is 2.29. The summed E-state index contributed by atoms with van der Waals surface area (Å²) in [5.41, 5.74) is 8.05. The molecule has 0 amide bonds. The van der Waals surface area contributed by atoms with Crippen LogP contribution in [0.1, 0.15) is 0 Å². The fraction of sp³-hybridized carbons (Fsp3) is 1.00. The molecule has 154 valence electrons. The van der Waals surface area contributed by atoms with E-state index >= 15 is 0 Å². The second kappa shape index (κ2) is 17.4. The average Bonchev–Trinajstić information content (AvgIpc) is 2.66. The van der Waals surface area contributed by atoms with Crippen LogP contribution in [-0.4, -0.2) is 116 Å². The second-order valence-electron chi connectivity index (χ2n) is 5.29. The third-order valence-corrected chi connectivity index (χ3v) is 3.24. The van der Waals surface area contributed by atoms with E-state index in [4.69, 9.17) is 24.8 Å². The highest BCUT2D eigenvalue weighted by atomic mass is 16.5. The zero-order chi connectivity index (χ0) is 19.6. The summed E-state index contributed by atoms with van der Waals surface area (Å²) in [7, 11) is 0. The summed E-state index contributed by atoms with van der Waals surface area (Å²) in [5, 5.41) is 52.7. The first-order valence-electron chi connectivity index (χ1n) is 8.32. The van der Waals surface area contributed by atoms with E-state index in [0.29, 0.717) is 52.7 Å². The van der Waals surface area contributed by atoms with E-state index < -0.39 is 31.0 Å². The standard InChI is InChI=1S/C14H30N4O8/c15-18-17-2-4-25-6-8-26-7-5-24-3-1-16-9-11(20)13(22)14(23)12(21)10-19/h11-14,16,19-23H,1-10H2. The van der Waals surface area contributed by atoms with Gasteiger partial charge in [0.15, 0.2) is 0 Å².